The second-order valence-corrected chi connectivity index (χ2v) is 3.62. The Kier molecular flexibility index (Phi) is 4.94. The maximum atomic E-state index is 5.38. The molecule has 1 N–H and O–H groups in total. The third-order valence-corrected chi connectivity index (χ3v) is 2.11. The van der Waals surface area contributed by atoms with E-state index in [2.05, 4.69) is 39.7 Å². The van der Waals surface area contributed by atoms with Crippen molar-refractivity contribution in [2.45, 2.75) is 19.9 Å². The Balaban J connectivity index is 2.15. The Labute approximate surface area is 92.2 Å². The van der Waals surface area contributed by atoms with E-state index in [4.69, 9.17) is 4.42 Å². The summed E-state index contributed by atoms with van der Waals surface area (Å²) >= 11 is 2.16. The molecule has 0 fully saturated rings. The van der Waals surface area contributed by atoms with Gasteiger partial charge in [0.25, 0.3) is 0 Å². The van der Waals surface area contributed by atoms with E-state index < -0.39 is 0 Å². The quantitative estimate of drug-likeness (QED) is 0.523. The summed E-state index contributed by atoms with van der Waals surface area (Å²) in [5.41, 5.74) is 0. The van der Waals surface area contributed by atoms with Crippen LogP contribution >= 0.6 is 22.6 Å². The number of rotatable bonds is 4. The van der Waals surface area contributed by atoms with E-state index in [-0.39, 0.29) is 0 Å². The van der Waals surface area contributed by atoms with Gasteiger partial charge in [-0.3, -0.25) is 0 Å². The maximum absolute atomic E-state index is 5.38. The lowest BCUT2D eigenvalue weighted by Crippen LogP contribution is -2.13. The van der Waals surface area contributed by atoms with Crippen molar-refractivity contribution in [2.75, 3.05) is 6.54 Å². The number of hydrogen-bond donors (Lipinski definition) is 1. The molecule has 13 heavy (non-hydrogen) atoms. The van der Waals surface area contributed by atoms with E-state index in [1.54, 1.807) is 0 Å². The van der Waals surface area contributed by atoms with Gasteiger partial charge in [-0.25, -0.2) is 0 Å². The minimum absolute atomic E-state index is 0.786. The summed E-state index contributed by atoms with van der Waals surface area (Å²) in [6.45, 7) is 3.56. The van der Waals surface area contributed by atoms with Crippen molar-refractivity contribution in [3.05, 3.63) is 21.7 Å². The minimum Gasteiger partial charge on any atom is -0.454 e. The normalized spacial score (nSPS) is 9.38. The molecule has 70 valence electrons. The first-order valence-electron chi connectivity index (χ1n) is 4.17. The SMILES string of the molecule is CC#CCCNCc1ccc(I)o1. The summed E-state index contributed by atoms with van der Waals surface area (Å²) in [5.74, 6) is 6.83. The van der Waals surface area contributed by atoms with Crippen molar-refractivity contribution in [3.63, 3.8) is 0 Å². The number of nitrogens with one attached hydrogen (secondary N) is 1. The van der Waals surface area contributed by atoms with Crippen LogP contribution in [0.2, 0.25) is 0 Å². The third-order valence-electron chi connectivity index (χ3n) is 1.53. The van der Waals surface area contributed by atoms with Gasteiger partial charge in [-0.15, -0.1) is 11.8 Å². The topological polar surface area (TPSA) is 25.2 Å². The lowest BCUT2D eigenvalue weighted by molar-refractivity contribution is 0.465. The Morgan fingerprint density at radius 2 is 2.38 bits per heavy atom. The van der Waals surface area contributed by atoms with Crippen molar-refractivity contribution in [1.29, 1.82) is 0 Å². The highest BCUT2D eigenvalue weighted by molar-refractivity contribution is 14.1. The van der Waals surface area contributed by atoms with Crippen LogP contribution < -0.4 is 5.32 Å². The van der Waals surface area contributed by atoms with Gasteiger partial charge in [0.1, 0.15) is 5.76 Å². The summed E-state index contributed by atoms with van der Waals surface area (Å²) in [7, 11) is 0. The molecule has 0 amide bonds. The molecule has 0 aromatic carbocycles. The molecule has 2 nitrogen and oxygen atoms in total. The first-order chi connectivity index (χ1) is 6.33. The highest BCUT2D eigenvalue weighted by atomic mass is 127. The molecule has 0 aliphatic heterocycles. The number of furan rings is 1. The van der Waals surface area contributed by atoms with E-state index in [1.807, 2.05) is 19.1 Å². The standard InChI is InChI=1S/C10H12INO/c1-2-3-4-7-12-8-9-5-6-10(11)13-9/h5-6,12H,4,7-8H2,1H3. The molecule has 0 saturated heterocycles. The van der Waals surface area contributed by atoms with Crippen molar-refractivity contribution < 1.29 is 4.42 Å². The van der Waals surface area contributed by atoms with Gasteiger partial charge in [0.05, 0.1) is 6.54 Å². The first kappa shape index (κ1) is 10.6. The lowest BCUT2D eigenvalue weighted by atomic mass is 10.4. The van der Waals surface area contributed by atoms with Crippen LogP contribution in [0.15, 0.2) is 16.5 Å². The zero-order valence-corrected chi connectivity index (χ0v) is 9.72. The molecule has 0 bridgehead atoms. The summed E-state index contributed by atoms with van der Waals surface area (Å²) in [4.78, 5) is 0. The highest BCUT2D eigenvalue weighted by Crippen LogP contribution is 2.09. The maximum Gasteiger partial charge on any atom is 0.164 e. The lowest BCUT2D eigenvalue weighted by Gasteiger charge is -1.97. The van der Waals surface area contributed by atoms with Gasteiger partial charge in [-0.05, 0) is 41.6 Å². The van der Waals surface area contributed by atoms with Gasteiger partial charge in [0.15, 0.2) is 3.77 Å². The largest absolute Gasteiger partial charge is 0.454 e. The highest BCUT2D eigenvalue weighted by Gasteiger charge is 1.96. The Hall–Kier alpha value is -0.470. The van der Waals surface area contributed by atoms with Crippen LogP contribution in [0.25, 0.3) is 0 Å². The molecule has 1 aromatic heterocycles. The Morgan fingerprint density at radius 1 is 1.54 bits per heavy atom. The average molecular weight is 289 g/mol. The van der Waals surface area contributed by atoms with Crippen LogP contribution in [0.5, 0.6) is 0 Å². The van der Waals surface area contributed by atoms with Crippen LogP contribution in [-0.4, -0.2) is 6.54 Å². The van der Waals surface area contributed by atoms with Gasteiger partial charge >= 0.3 is 0 Å². The van der Waals surface area contributed by atoms with Crippen LogP contribution in [0.3, 0.4) is 0 Å². The molecule has 0 unspecified atom stereocenters. The van der Waals surface area contributed by atoms with Crippen molar-refractivity contribution in [2.24, 2.45) is 0 Å². The monoisotopic (exact) mass is 289 g/mol. The minimum atomic E-state index is 0.786. The van der Waals surface area contributed by atoms with Gasteiger partial charge in [0.2, 0.25) is 0 Å². The fourth-order valence-electron chi connectivity index (χ4n) is 0.934. The zero-order valence-electron chi connectivity index (χ0n) is 7.56. The van der Waals surface area contributed by atoms with E-state index in [0.717, 1.165) is 29.0 Å². The molecule has 1 heterocycles. The molecule has 1 aromatic rings. The summed E-state index contributed by atoms with van der Waals surface area (Å²) in [6, 6.07) is 3.95. The molecule has 0 spiro atoms. The van der Waals surface area contributed by atoms with Crippen molar-refractivity contribution in [3.8, 4) is 11.8 Å². The van der Waals surface area contributed by atoms with Gasteiger partial charge in [0, 0.05) is 13.0 Å². The molecule has 0 aliphatic carbocycles. The molecule has 0 aliphatic rings. The molecular formula is C10H12INO. The van der Waals surface area contributed by atoms with Crippen LogP contribution in [0.4, 0.5) is 0 Å². The smallest absolute Gasteiger partial charge is 0.164 e. The molecule has 0 saturated carbocycles. The summed E-state index contributed by atoms with van der Waals surface area (Å²) in [5, 5.41) is 3.25. The first-order valence-corrected chi connectivity index (χ1v) is 5.25. The zero-order chi connectivity index (χ0) is 9.52. The van der Waals surface area contributed by atoms with Gasteiger partial charge in [-0.1, -0.05) is 0 Å². The van der Waals surface area contributed by atoms with E-state index in [1.165, 1.54) is 0 Å². The van der Waals surface area contributed by atoms with Crippen molar-refractivity contribution in [1.82, 2.24) is 5.32 Å². The number of halogens is 1. The van der Waals surface area contributed by atoms with E-state index in [0.29, 0.717) is 0 Å². The fraction of sp³-hybridized carbons (Fsp3) is 0.400. The second-order valence-electron chi connectivity index (χ2n) is 2.56. The Morgan fingerprint density at radius 3 is 3.00 bits per heavy atom. The van der Waals surface area contributed by atoms with Crippen LogP contribution in [0.1, 0.15) is 19.1 Å². The van der Waals surface area contributed by atoms with E-state index in [9.17, 15) is 0 Å². The average Bonchev–Trinajstić information content (AvgIpc) is 2.51. The second kappa shape index (κ2) is 6.06. The van der Waals surface area contributed by atoms with Crippen LogP contribution in [0, 0.1) is 15.6 Å². The third kappa shape index (κ3) is 4.34. The summed E-state index contributed by atoms with van der Waals surface area (Å²) < 4.78 is 6.31. The fourth-order valence-corrected chi connectivity index (χ4v) is 1.40. The summed E-state index contributed by atoms with van der Waals surface area (Å²) in [6.07, 6.45) is 0.897. The molecule has 0 radical (unpaired) electrons. The predicted molar refractivity (Wildman–Crippen MR) is 61.2 cm³/mol. The molecule has 0 atom stereocenters. The molecule has 3 heteroatoms. The predicted octanol–water partition coefficient (Wildman–Crippen LogP) is 2.39. The Bertz CT molecular complexity index is 308. The van der Waals surface area contributed by atoms with Gasteiger partial charge in [-0.2, -0.15) is 0 Å². The van der Waals surface area contributed by atoms with Crippen molar-refractivity contribution >= 4 is 22.6 Å². The molecular weight excluding hydrogens is 277 g/mol. The molecule has 1 rings (SSSR count). The van der Waals surface area contributed by atoms with Crippen LogP contribution in [-0.2, 0) is 6.54 Å². The van der Waals surface area contributed by atoms with Gasteiger partial charge < -0.3 is 9.73 Å². The number of hydrogen-bond acceptors (Lipinski definition) is 2. The van der Waals surface area contributed by atoms with E-state index >= 15 is 0 Å².